The SMILES string of the molecule is NC(=O)C1CCN(C(=O)C2CC2c2ccc3c(c2)OCCO3)CC1. The summed E-state index contributed by atoms with van der Waals surface area (Å²) in [5.74, 6) is 1.75. The number of fused-ring (bicyclic) bond motifs is 1. The molecule has 4 rings (SSSR count). The minimum Gasteiger partial charge on any atom is -0.486 e. The van der Waals surface area contributed by atoms with E-state index < -0.39 is 0 Å². The lowest BCUT2D eigenvalue weighted by Crippen LogP contribution is -2.42. The lowest BCUT2D eigenvalue weighted by Gasteiger charge is -2.30. The van der Waals surface area contributed by atoms with Gasteiger partial charge in [-0.05, 0) is 42.9 Å². The number of rotatable bonds is 3. The number of amides is 2. The fourth-order valence-electron chi connectivity index (χ4n) is 3.75. The molecule has 3 aliphatic rings. The van der Waals surface area contributed by atoms with Crippen LogP contribution in [0.1, 0.15) is 30.7 Å². The molecule has 1 aromatic carbocycles. The van der Waals surface area contributed by atoms with Gasteiger partial charge in [-0.25, -0.2) is 0 Å². The molecule has 128 valence electrons. The molecule has 0 aromatic heterocycles. The Hall–Kier alpha value is -2.24. The molecule has 0 spiro atoms. The van der Waals surface area contributed by atoms with Crippen LogP contribution in [-0.2, 0) is 9.59 Å². The van der Waals surface area contributed by atoms with Crippen molar-refractivity contribution in [1.82, 2.24) is 4.90 Å². The number of hydrogen-bond donors (Lipinski definition) is 1. The van der Waals surface area contributed by atoms with Crippen molar-refractivity contribution in [3.8, 4) is 11.5 Å². The third-order valence-electron chi connectivity index (χ3n) is 5.31. The highest BCUT2D eigenvalue weighted by Gasteiger charge is 2.46. The summed E-state index contributed by atoms with van der Waals surface area (Å²) in [6, 6.07) is 5.97. The van der Waals surface area contributed by atoms with E-state index in [1.54, 1.807) is 0 Å². The molecular formula is C18H22N2O4. The molecule has 2 aliphatic heterocycles. The predicted molar refractivity (Wildman–Crippen MR) is 86.8 cm³/mol. The summed E-state index contributed by atoms with van der Waals surface area (Å²) >= 11 is 0. The lowest BCUT2D eigenvalue weighted by molar-refractivity contribution is -0.136. The minimum absolute atomic E-state index is 0.0534. The Balaban J connectivity index is 1.38. The Kier molecular flexibility index (Phi) is 3.82. The van der Waals surface area contributed by atoms with Crippen molar-refractivity contribution < 1.29 is 19.1 Å². The zero-order valence-electron chi connectivity index (χ0n) is 13.6. The van der Waals surface area contributed by atoms with Gasteiger partial charge in [0.15, 0.2) is 11.5 Å². The first-order valence-electron chi connectivity index (χ1n) is 8.61. The molecule has 2 atom stereocenters. The molecule has 1 aromatic rings. The van der Waals surface area contributed by atoms with Crippen molar-refractivity contribution in [1.29, 1.82) is 0 Å². The summed E-state index contributed by atoms with van der Waals surface area (Å²) in [4.78, 5) is 25.8. The fraction of sp³-hybridized carbons (Fsp3) is 0.556. The molecule has 0 radical (unpaired) electrons. The van der Waals surface area contributed by atoms with Gasteiger partial charge in [-0.1, -0.05) is 6.07 Å². The van der Waals surface area contributed by atoms with Crippen LogP contribution >= 0.6 is 0 Å². The standard InChI is InChI=1S/C18H22N2O4/c19-17(21)11-3-5-20(6-4-11)18(22)14-10-13(14)12-1-2-15-16(9-12)24-8-7-23-15/h1-2,9,11,13-14H,3-8,10H2,(H2,19,21). The summed E-state index contributed by atoms with van der Waals surface area (Å²) < 4.78 is 11.2. The first-order valence-corrected chi connectivity index (χ1v) is 8.61. The van der Waals surface area contributed by atoms with Crippen LogP contribution < -0.4 is 15.2 Å². The number of primary amides is 1. The van der Waals surface area contributed by atoms with Gasteiger partial charge in [0.1, 0.15) is 13.2 Å². The Labute approximate surface area is 140 Å². The largest absolute Gasteiger partial charge is 0.486 e. The highest BCUT2D eigenvalue weighted by molar-refractivity contribution is 5.83. The molecular weight excluding hydrogens is 308 g/mol. The summed E-state index contributed by atoms with van der Waals surface area (Å²) in [6.45, 7) is 2.42. The Morgan fingerprint density at radius 1 is 1.08 bits per heavy atom. The smallest absolute Gasteiger partial charge is 0.226 e. The number of carbonyl (C=O) groups excluding carboxylic acids is 2. The summed E-state index contributed by atoms with van der Waals surface area (Å²) in [6.07, 6.45) is 2.25. The van der Waals surface area contributed by atoms with E-state index >= 15 is 0 Å². The fourth-order valence-corrected chi connectivity index (χ4v) is 3.75. The van der Waals surface area contributed by atoms with Crippen LogP contribution in [0, 0.1) is 11.8 Å². The number of carbonyl (C=O) groups is 2. The third-order valence-corrected chi connectivity index (χ3v) is 5.31. The second kappa shape index (κ2) is 6.00. The highest BCUT2D eigenvalue weighted by atomic mass is 16.6. The van der Waals surface area contributed by atoms with Crippen LogP contribution in [0.25, 0.3) is 0 Å². The molecule has 2 heterocycles. The van der Waals surface area contributed by atoms with E-state index in [1.165, 1.54) is 0 Å². The van der Waals surface area contributed by atoms with E-state index in [0.717, 1.165) is 23.5 Å². The normalized spacial score (nSPS) is 26.1. The van der Waals surface area contributed by atoms with Crippen molar-refractivity contribution in [2.45, 2.75) is 25.2 Å². The van der Waals surface area contributed by atoms with E-state index in [1.807, 2.05) is 23.1 Å². The van der Waals surface area contributed by atoms with E-state index in [-0.39, 0.29) is 29.6 Å². The first kappa shape index (κ1) is 15.3. The summed E-state index contributed by atoms with van der Waals surface area (Å²) in [5, 5.41) is 0. The average Bonchev–Trinajstić information content (AvgIpc) is 3.41. The number of likely N-dealkylation sites (tertiary alicyclic amines) is 1. The van der Waals surface area contributed by atoms with Gasteiger partial charge >= 0.3 is 0 Å². The van der Waals surface area contributed by atoms with Crippen molar-refractivity contribution >= 4 is 11.8 Å². The Morgan fingerprint density at radius 3 is 2.50 bits per heavy atom. The second-order valence-corrected chi connectivity index (χ2v) is 6.85. The first-order chi connectivity index (χ1) is 11.6. The maximum atomic E-state index is 12.7. The van der Waals surface area contributed by atoms with E-state index in [9.17, 15) is 9.59 Å². The van der Waals surface area contributed by atoms with Gasteiger partial charge in [-0.15, -0.1) is 0 Å². The number of hydrogen-bond acceptors (Lipinski definition) is 4. The van der Waals surface area contributed by atoms with Gasteiger partial charge in [-0.3, -0.25) is 9.59 Å². The van der Waals surface area contributed by atoms with Crippen LogP contribution in [0.2, 0.25) is 0 Å². The Morgan fingerprint density at radius 2 is 1.79 bits per heavy atom. The van der Waals surface area contributed by atoms with Crippen molar-refractivity contribution in [2.24, 2.45) is 17.6 Å². The van der Waals surface area contributed by atoms with Gasteiger partial charge in [0, 0.05) is 24.9 Å². The molecule has 2 N–H and O–H groups in total. The van der Waals surface area contributed by atoms with E-state index in [0.29, 0.717) is 39.1 Å². The Bertz CT molecular complexity index is 667. The lowest BCUT2D eigenvalue weighted by atomic mass is 9.96. The summed E-state index contributed by atoms with van der Waals surface area (Å²) in [5.41, 5.74) is 6.49. The van der Waals surface area contributed by atoms with Crippen LogP contribution in [0.4, 0.5) is 0 Å². The van der Waals surface area contributed by atoms with Gasteiger partial charge in [-0.2, -0.15) is 0 Å². The molecule has 0 bridgehead atoms. The third kappa shape index (κ3) is 2.81. The maximum Gasteiger partial charge on any atom is 0.226 e. The van der Waals surface area contributed by atoms with Gasteiger partial charge in [0.05, 0.1) is 0 Å². The maximum absolute atomic E-state index is 12.7. The molecule has 2 unspecified atom stereocenters. The molecule has 1 saturated heterocycles. The van der Waals surface area contributed by atoms with E-state index in [2.05, 4.69) is 0 Å². The molecule has 6 nitrogen and oxygen atoms in total. The molecule has 1 aliphatic carbocycles. The number of benzene rings is 1. The number of nitrogens with zero attached hydrogens (tertiary/aromatic N) is 1. The predicted octanol–water partition coefficient (Wildman–Crippen LogP) is 1.29. The second-order valence-electron chi connectivity index (χ2n) is 6.85. The number of nitrogens with two attached hydrogens (primary N) is 1. The zero-order chi connectivity index (χ0) is 16.7. The monoisotopic (exact) mass is 330 g/mol. The van der Waals surface area contributed by atoms with Crippen molar-refractivity contribution in [3.63, 3.8) is 0 Å². The van der Waals surface area contributed by atoms with Crippen LogP contribution in [0.15, 0.2) is 18.2 Å². The molecule has 1 saturated carbocycles. The van der Waals surface area contributed by atoms with Gasteiger partial charge in [0.25, 0.3) is 0 Å². The van der Waals surface area contributed by atoms with Crippen LogP contribution in [0.5, 0.6) is 11.5 Å². The van der Waals surface area contributed by atoms with Crippen molar-refractivity contribution in [2.75, 3.05) is 26.3 Å². The van der Waals surface area contributed by atoms with Crippen LogP contribution in [0.3, 0.4) is 0 Å². The summed E-state index contributed by atoms with van der Waals surface area (Å²) in [7, 11) is 0. The minimum atomic E-state index is -0.248. The van der Waals surface area contributed by atoms with Crippen molar-refractivity contribution in [3.05, 3.63) is 23.8 Å². The molecule has 2 fully saturated rings. The number of ether oxygens (including phenoxy) is 2. The molecule has 6 heteroatoms. The average molecular weight is 330 g/mol. The number of piperidine rings is 1. The van der Waals surface area contributed by atoms with Gasteiger partial charge < -0.3 is 20.1 Å². The molecule has 24 heavy (non-hydrogen) atoms. The van der Waals surface area contributed by atoms with Gasteiger partial charge in [0.2, 0.25) is 11.8 Å². The topological polar surface area (TPSA) is 81.9 Å². The van der Waals surface area contributed by atoms with Crippen LogP contribution in [-0.4, -0.2) is 43.0 Å². The highest BCUT2D eigenvalue weighted by Crippen LogP contribution is 2.50. The van der Waals surface area contributed by atoms with E-state index in [4.69, 9.17) is 15.2 Å². The molecule has 2 amide bonds. The zero-order valence-corrected chi connectivity index (χ0v) is 13.6. The quantitative estimate of drug-likeness (QED) is 0.905.